The van der Waals surface area contributed by atoms with E-state index in [-0.39, 0.29) is 5.91 Å². The first-order chi connectivity index (χ1) is 9.31. The molecule has 1 aromatic heterocycles. The number of hydrogen-bond donors (Lipinski definition) is 0. The van der Waals surface area contributed by atoms with E-state index in [9.17, 15) is 4.79 Å². The number of alkyl halides is 1. The Kier molecular flexibility index (Phi) is 3.51. The number of carbonyl (C=O) groups is 1. The lowest BCUT2D eigenvalue weighted by Gasteiger charge is -2.23. The standard InChI is InChI=1S/C15H15BrN2O/c16-10-12-6-3-9-18(12)15(19)13-7-1-4-11-5-2-8-17-14(11)13/h1-2,4-5,7-8,12H,3,6,9-10H2. The molecule has 2 aromatic rings. The molecule has 0 N–H and O–H groups in total. The van der Waals surface area contributed by atoms with Crippen LogP contribution in [0, 0.1) is 0 Å². The minimum atomic E-state index is 0.103. The van der Waals surface area contributed by atoms with Gasteiger partial charge in [-0.15, -0.1) is 0 Å². The van der Waals surface area contributed by atoms with Crippen molar-refractivity contribution in [1.82, 2.24) is 9.88 Å². The molecule has 0 bridgehead atoms. The first-order valence-corrected chi connectivity index (χ1v) is 7.64. The number of nitrogens with zero attached hydrogens (tertiary/aromatic N) is 2. The van der Waals surface area contributed by atoms with Gasteiger partial charge in [0, 0.05) is 29.5 Å². The molecule has 1 saturated heterocycles. The molecular weight excluding hydrogens is 304 g/mol. The van der Waals surface area contributed by atoms with E-state index in [2.05, 4.69) is 20.9 Å². The first-order valence-electron chi connectivity index (χ1n) is 6.52. The van der Waals surface area contributed by atoms with Crippen LogP contribution in [0.25, 0.3) is 10.9 Å². The minimum Gasteiger partial charge on any atom is -0.335 e. The third-order valence-electron chi connectivity index (χ3n) is 3.68. The summed E-state index contributed by atoms with van der Waals surface area (Å²) in [5.74, 6) is 0.103. The number of benzene rings is 1. The van der Waals surface area contributed by atoms with Crippen molar-refractivity contribution >= 4 is 32.7 Å². The van der Waals surface area contributed by atoms with Gasteiger partial charge in [-0.1, -0.05) is 34.1 Å². The van der Waals surface area contributed by atoms with Crippen LogP contribution in [0.4, 0.5) is 0 Å². The highest BCUT2D eigenvalue weighted by Gasteiger charge is 2.29. The molecule has 1 aliphatic heterocycles. The van der Waals surface area contributed by atoms with Gasteiger partial charge in [-0.25, -0.2) is 0 Å². The number of likely N-dealkylation sites (tertiary alicyclic amines) is 1. The number of carbonyl (C=O) groups excluding carboxylic acids is 1. The second-order valence-electron chi connectivity index (χ2n) is 4.83. The summed E-state index contributed by atoms with van der Waals surface area (Å²) >= 11 is 3.50. The van der Waals surface area contributed by atoms with Gasteiger partial charge in [-0.05, 0) is 25.0 Å². The third-order valence-corrected chi connectivity index (χ3v) is 4.43. The number of para-hydroxylation sites is 1. The van der Waals surface area contributed by atoms with Crippen LogP contribution in [0.3, 0.4) is 0 Å². The monoisotopic (exact) mass is 318 g/mol. The van der Waals surface area contributed by atoms with Crippen LogP contribution >= 0.6 is 15.9 Å². The summed E-state index contributed by atoms with van der Waals surface area (Å²) in [5, 5.41) is 1.86. The van der Waals surface area contributed by atoms with Crippen molar-refractivity contribution in [3.8, 4) is 0 Å². The predicted molar refractivity (Wildman–Crippen MR) is 79.6 cm³/mol. The van der Waals surface area contributed by atoms with E-state index in [4.69, 9.17) is 0 Å². The zero-order valence-electron chi connectivity index (χ0n) is 10.6. The number of halogens is 1. The van der Waals surface area contributed by atoms with Gasteiger partial charge in [0.1, 0.15) is 0 Å². The van der Waals surface area contributed by atoms with Crippen LogP contribution in [0.5, 0.6) is 0 Å². The SMILES string of the molecule is O=C(c1cccc2cccnc12)N1CCCC1CBr. The van der Waals surface area contributed by atoms with E-state index in [1.165, 1.54) is 0 Å². The van der Waals surface area contributed by atoms with Crippen molar-refractivity contribution in [2.24, 2.45) is 0 Å². The molecule has 2 heterocycles. The molecule has 3 rings (SSSR count). The number of aromatic nitrogens is 1. The Morgan fingerprint density at radius 2 is 2.21 bits per heavy atom. The average molecular weight is 319 g/mol. The molecule has 1 unspecified atom stereocenters. The topological polar surface area (TPSA) is 33.2 Å². The fourth-order valence-electron chi connectivity index (χ4n) is 2.69. The molecule has 0 radical (unpaired) electrons. The summed E-state index contributed by atoms with van der Waals surface area (Å²) in [7, 11) is 0. The summed E-state index contributed by atoms with van der Waals surface area (Å²) in [5.41, 5.74) is 1.51. The Hall–Kier alpha value is -1.42. The van der Waals surface area contributed by atoms with Crippen LogP contribution in [-0.2, 0) is 0 Å². The maximum Gasteiger partial charge on any atom is 0.256 e. The fourth-order valence-corrected chi connectivity index (χ4v) is 3.37. The Bertz CT molecular complexity index is 609. The van der Waals surface area contributed by atoms with Gasteiger partial charge < -0.3 is 4.90 Å². The maximum absolute atomic E-state index is 12.7. The van der Waals surface area contributed by atoms with Gasteiger partial charge in [0.2, 0.25) is 0 Å². The fraction of sp³-hybridized carbons (Fsp3) is 0.333. The molecule has 3 nitrogen and oxygen atoms in total. The highest BCUT2D eigenvalue weighted by atomic mass is 79.9. The van der Waals surface area contributed by atoms with Crippen molar-refractivity contribution in [3.63, 3.8) is 0 Å². The van der Waals surface area contributed by atoms with Crippen LogP contribution in [0.1, 0.15) is 23.2 Å². The number of pyridine rings is 1. The van der Waals surface area contributed by atoms with Crippen molar-refractivity contribution in [2.75, 3.05) is 11.9 Å². The highest BCUT2D eigenvalue weighted by Crippen LogP contribution is 2.24. The van der Waals surface area contributed by atoms with Crippen molar-refractivity contribution in [3.05, 3.63) is 42.1 Å². The van der Waals surface area contributed by atoms with Crippen molar-refractivity contribution in [1.29, 1.82) is 0 Å². The van der Waals surface area contributed by atoms with E-state index in [1.54, 1.807) is 6.20 Å². The lowest BCUT2D eigenvalue weighted by molar-refractivity contribution is 0.0752. The quantitative estimate of drug-likeness (QED) is 0.796. The van der Waals surface area contributed by atoms with Crippen LogP contribution in [-0.4, -0.2) is 33.7 Å². The number of fused-ring (bicyclic) bond motifs is 1. The molecule has 1 aromatic carbocycles. The molecule has 4 heteroatoms. The Morgan fingerprint density at radius 1 is 1.37 bits per heavy atom. The average Bonchev–Trinajstić information content (AvgIpc) is 2.94. The Balaban J connectivity index is 2.02. The molecule has 19 heavy (non-hydrogen) atoms. The summed E-state index contributed by atoms with van der Waals surface area (Å²) < 4.78 is 0. The Labute approximate surface area is 120 Å². The predicted octanol–water partition coefficient (Wildman–Crippen LogP) is 3.23. The van der Waals surface area contributed by atoms with Crippen molar-refractivity contribution < 1.29 is 4.79 Å². The molecule has 1 amide bonds. The van der Waals surface area contributed by atoms with Gasteiger partial charge in [0.05, 0.1) is 11.1 Å². The van der Waals surface area contributed by atoms with Crippen molar-refractivity contribution in [2.45, 2.75) is 18.9 Å². The lowest BCUT2D eigenvalue weighted by Crippen LogP contribution is -2.36. The van der Waals surface area contributed by atoms with Crippen LogP contribution in [0.2, 0.25) is 0 Å². The first kappa shape index (κ1) is 12.6. The molecule has 0 spiro atoms. The van der Waals surface area contributed by atoms with Gasteiger partial charge in [0.25, 0.3) is 5.91 Å². The van der Waals surface area contributed by atoms with Gasteiger partial charge in [0.15, 0.2) is 0 Å². The molecule has 1 fully saturated rings. The summed E-state index contributed by atoms with van der Waals surface area (Å²) in [6.45, 7) is 0.846. The van der Waals surface area contributed by atoms with Gasteiger partial charge >= 0.3 is 0 Å². The molecular formula is C15H15BrN2O. The summed E-state index contributed by atoms with van der Waals surface area (Å²) in [4.78, 5) is 19.0. The second kappa shape index (κ2) is 5.29. The third kappa shape index (κ3) is 2.25. The number of rotatable bonds is 2. The van der Waals surface area contributed by atoms with E-state index in [0.29, 0.717) is 11.6 Å². The van der Waals surface area contributed by atoms with E-state index in [1.807, 2.05) is 35.2 Å². The van der Waals surface area contributed by atoms with Gasteiger partial charge in [-0.2, -0.15) is 0 Å². The second-order valence-corrected chi connectivity index (χ2v) is 5.48. The zero-order chi connectivity index (χ0) is 13.2. The molecule has 1 aliphatic rings. The minimum absolute atomic E-state index is 0.103. The van der Waals surface area contributed by atoms with E-state index < -0.39 is 0 Å². The summed E-state index contributed by atoms with van der Waals surface area (Å²) in [6, 6.07) is 9.99. The van der Waals surface area contributed by atoms with E-state index in [0.717, 1.165) is 35.6 Å². The zero-order valence-corrected chi connectivity index (χ0v) is 12.1. The van der Waals surface area contributed by atoms with Crippen LogP contribution < -0.4 is 0 Å². The molecule has 0 aliphatic carbocycles. The maximum atomic E-state index is 12.7. The molecule has 1 atom stereocenters. The Morgan fingerprint density at radius 3 is 3.05 bits per heavy atom. The van der Waals surface area contributed by atoms with Gasteiger partial charge in [-0.3, -0.25) is 9.78 Å². The summed E-state index contributed by atoms with van der Waals surface area (Å²) in [6.07, 6.45) is 3.90. The van der Waals surface area contributed by atoms with E-state index >= 15 is 0 Å². The molecule has 98 valence electrons. The smallest absolute Gasteiger partial charge is 0.256 e. The number of amides is 1. The lowest BCUT2D eigenvalue weighted by atomic mass is 10.1. The largest absolute Gasteiger partial charge is 0.335 e. The highest BCUT2D eigenvalue weighted by molar-refractivity contribution is 9.09. The normalized spacial score (nSPS) is 19.0. The molecule has 0 saturated carbocycles. The number of hydrogen-bond acceptors (Lipinski definition) is 2. The van der Waals surface area contributed by atoms with Crippen LogP contribution in [0.15, 0.2) is 36.5 Å².